The van der Waals surface area contributed by atoms with Gasteiger partial charge in [-0.05, 0) is 83.9 Å². The molecule has 0 unspecified atom stereocenters. The number of nitrogens with zero attached hydrogens (tertiary/aromatic N) is 4. The molecular formula is C23H40N6O. The Balaban J connectivity index is 1.31. The van der Waals surface area contributed by atoms with Gasteiger partial charge < -0.3 is 20.4 Å². The molecule has 2 saturated heterocycles. The van der Waals surface area contributed by atoms with Crippen molar-refractivity contribution < 1.29 is 4.79 Å². The quantitative estimate of drug-likeness (QED) is 0.644. The van der Waals surface area contributed by atoms with Crippen molar-refractivity contribution in [3.63, 3.8) is 0 Å². The Labute approximate surface area is 182 Å². The molecule has 2 aliphatic heterocycles. The summed E-state index contributed by atoms with van der Waals surface area (Å²) in [6, 6.07) is 2.63. The summed E-state index contributed by atoms with van der Waals surface area (Å²) in [6.07, 6.45) is 8.22. The van der Waals surface area contributed by atoms with Crippen molar-refractivity contribution in [2.75, 3.05) is 49.5 Å². The molecule has 7 heteroatoms. The molecule has 0 aliphatic carbocycles. The lowest BCUT2D eigenvalue weighted by Gasteiger charge is -2.34. The lowest BCUT2D eigenvalue weighted by Crippen LogP contribution is -2.39. The number of carbonyl (C=O) groups is 1. The maximum absolute atomic E-state index is 12.4. The van der Waals surface area contributed by atoms with Gasteiger partial charge in [0.1, 0.15) is 5.82 Å². The van der Waals surface area contributed by atoms with Crippen LogP contribution < -0.4 is 15.5 Å². The Morgan fingerprint density at radius 2 is 1.83 bits per heavy atom. The maximum atomic E-state index is 12.4. The highest BCUT2D eigenvalue weighted by Crippen LogP contribution is 2.25. The highest BCUT2D eigenvalue weighted by molar-refractivity contribution is 5.76. The second kappa shape index (κ2) is 11.5. The fourth-order valence-electron chi connectivity index (χ4n) is 4.64. The van der Waals surface area contributed by atoms with Crippen LogP contribution >= 0.6 is 0 Å². The van der Waals surface area contributed by atoms with Crippen molar-refractivity contribution in [3.05, 3.63) is 12.3 Å². The normalized spacial score (nSPS) is 19.3. The second-order valence-electron chi connectivity index (χ2n) is 9.12. The highest BCUT2D eigenvalue weighted by atomic mass is 16.1. The van der Waals surface area contributed by atoms with Crippen LogP contribution in [0.3, 0.4) is 0 Å². The van der Waals surface area contributed by atoms with E-state index in [-0.39, 0.29) is 5.91 Å². The van der Waals surface area contributed by atoms with Crippen LogP contribution in [0.2, 0.25) is 0 Å². The van der Waals surface area contributed by atoms with Gasteiger partial charge in [0.2, 0.25) is 11.9 Å². The third-order valence-electron chi connectivity index (χ3n) is 6.64. The maximum Gasteiger partial charge on any atom is 0.224 e. The van der Waals surface area contributed by atoms with Crippen LogP contribution in [0.1, 0.15) is 59.3 Å². The van der Waals surface area contributed by atoms with E-state index in [4.69, 9.17) is 0 Å². The number of rotatable bonds is 9. The minimum absolute atomic E-state index is 0.226. The Morgan fingerprint density at radius 3 is 2.50 bits per heavy atom. The van der Waals surface area contributed by atoms with Gasteiger partial charge in [-0.3, -0.25) is 4.79 Å². The smallest absolute Gasteiger partial charge is 0.224 e. The molecule has 0 bridgehead atoms. The monoisotopic (exact) mass is 416 g/mol. The molecule has 1 amide bonds. The van der Waals surface area contributed by atoms with Crippen LogP contribution in [0.4, 0.5) is 11.8 Å². The zero-order valence-corrected chi connectivity index (χ0v) is 19.1. The highest BCUT2D eigenvalue weighted by Gasteiger charge is 2.23. The van der Waals surface area contributed by atoms with Gasteiger partial charge >= 0.3 is 0 Å². The molecule has 0 spiro atoms. The molecule has 0 radical (unpaired) electrons. The number of nitrogens with one attached hydrogen (secondary N) is 2. The third-order valence-corrected chi connectivity index (χ3v) is 6.64. The minimum atomic E-state index is 0.226. The third kappa shape index (κ3) is 6.83. The number of hydrogen-bond donors (Lipinski definition) is 2. The molecule has 2 fully saturated rings. The van der Waals surface area contributed by atoms with E-state index in [1.54, 1.807) is 0 Å². The van der Waals surface area contributed by atoms with E-state index in [9.17, 15) is 4.79 Å². The largest absolute Gasteiger partial charge is 0.356 e. The molecule has 2 N–H and O–H groups in total. The minimum Gasteiger partial charge on any atom is -0.356 e. The van der Waals surface area contributed by atoms with Gasteiger partial charge in [-0.2, -0.15) is 4.98 Å². The summed E-state index contributed by atoms with van der Waals surface area (Å²) >= 11 is 0. The Morgan fingerprint density at radius 1 is 1.13 bits per heavy atom. The molecule has 0 atom stereocenters. The van der Waals surface area contributed by atoms with Crippen LogP contribution in [0, 0.1) is 11.8 Å². The van der Waals surface area contributed by atoms with Crippen molar-refractivity contribution in [2.24, 2.45) is 11.8 Å². The lowest BCUT2D eigenvalue weighted by molar-refractivity contribution is -0.122. The number of anilines is 2. The van der Waals surface area contributed by atoms with Gasteiger partial charge in [-0.15, -0.1) is 0 Å². The molecule has 168 valence electrons. The Hall–Kier alpha value is -1.89. The zero-order chi connectivity index (χ0) is 21.3. The number of amides is 1. The first-order valence-electron chi connectivity index (χ1n) is 11.9. The van der Waals surface area contributed by atoms with Crippen molar-refractivity contribution >= 4 is 17.7 Å². The predicted molar refractivity (Wildman–Crippen MR) is 123 cm³/mol. The summed E-state index contributed by atoms with van der Waals surface area (Å²) in [6.45, 7) is 12.6. The first-order chi connectivity index (χ1) is 14.5. The van der Waals surface area contributed by atoms with Gasteiger partial charge in [0.15, 0.2) is 0 Å². The van der Waals surface area contributed by atoms with Gasteiger partial charge in [0, 0.05) is 44.8 Å². The molecule has 30 heavy (non-hydrogen) atoms. The topological polar surface area (TPSA) is 73.4 Å². The molecular weight excluding hydrogens is 376 g/mol. The summed E-state index contributed by atoms with van der Waals surface area (Å²) in [7, 11) is 0. The zero-order valence-electron chi connectivity index (χ0n) is 19.1. The first kappa shape index (κ1) is 22.8. The van der Waals surface area contributed by atoms with Crippen LogP contribution in [0.5, 0.6) is 0 Å². The number of hydrogen-bond acceptors (Lipinski definition) is 6. The molecule has 7 nitrogen and oxygen atoms in total. The number of piperidine rings is 2. The van der Waals surface area contributed by atoms with Crippen LogP contribution in [0.15, 0.2) is 12.3 Å². The van der Waals surface area contributed by atoms with E-state index in [2.05, 4.69) is 44.2 Å². The van der Waals surface area contributed by atoms with Gasteiger partial charge in [0.05, 0.1) is 0 Å². The molecule has 0 saturated carbocycles. The lowest BCUT2D eigenvalue weighted by atomic mass is 9.92. The van der Waals surface area contributed by atoms with Crippen LogP contribution in [-0.2, 0) is 4.79 Å². The molecule has 3 heterocycles. The summed E-state index contributed by atoms with van der Waals surface area (Å²) in [5.41, 5.74) is 0. The van der Waals surface area contributed by atoms with E-state index in [1.807, 2.05) is 19.2 Å². The fourth-order valence-corrected chi connectivity index (χ4v) is 4.64. The molecule has 3 rings (SSSR count). The molecule has 0 aromatic carbocycles. The second-order valence-corrected chi connectivity index (χ2v) is 9.12. The van der Waals surface area contributed by atoms with E-state index < -0.39 is 0 Å². The fraction of sp³-hybridized carbons (Fsp3) is 0.783. The SMILES string of the molecule is CCNc1nccc(N2CCC(CC(=O)NCCC3CCN(C(C)C)CC3)CC2)n1. The average Bonchev–Trinajstić information content (AvgIpc) is 2.75. The standard InChI is InChI=1S/C23H40N6O/c1-4-24-23-26-12-6-21(27-23)29-15-9-20(10-16-29)17-22(30)25-11-5-19-7-13-28(14-8-19)18(2)3/h6,12,18-20H,4-5,7-11,13-17H2,1-3H3,(H,25,30)(H,24,26,27). The van der Waals surface area contributed by atoms with E-state index >= 15 is 0 Å². The van der Waals surface area contributed by atoms with E-state index in [0.29, 0.717) is 24.3 Å². The van der Waals surface area contributed by atoms with Gasteiger partial charge in [-0.1, -0.05) is 0 Å². The summed E-state index contributed by atoms with van der Waals surface area (Å²) in [5, 5.41) is 6.35. The number of aromatic nitrogens is 2. The van der Waals surface area contributed by atoms with Crippen molar-refractivity contribution in [1.82, 2.24) is 20.2 Å². The van der Waals surface area contributed by atoms with Crippen molar-refractivity contribution in [2.45, 2.75) is 65.3 Å². The summed E-state index contributed by atoms with van der Waals surface area (Å²) < 4.78 is 0. The Bertz CT molecular complexity index is 651. The van der Waals surface area contributed by atoms with Crippen LogP contribution in [0.25, 0.3) is 0 Å². The number of carbonyl (C=O) groups excluding carboxylic acids is 1. The van der Waals surface area contributed by atoms with Gasteiger partial charge in [-0.25, -0.2) is 4.98 Å². The van der Waals surface area contributed by atoms with Crippen molar-refractivity contribution in [3.8, 4) is 0 Å². The van der Waals surface area contributed by atoms with Gasteiger partial charge in [0.25, 0.3) is 0 Å². The first-order valence-corrected chi connectivity index (χ1v) is 11.9. The average molecular weight is 417 g/mol. The van der Waals surface area contributed by atoms with Crippen LogP contribution in [-0.4, -0.2) is 66.1 Å². The summed E-state index contributed by atoms with van der Waals surface area (Å²) in [4.78, 5) is 26.1. The van der Waals surface area contributed by atoms with E-state index in [1.165, 1.54) is 25.9 Å². The molecule has 2 aliphatic rings. The number of likely N-dealkylation sites (tertiary alicyclic amines) is 1. The molecule has 1 aromatic heterocycles. The predicted octanol–water partition coefficient (Wildman–Crippen LogP) is 3.14. The van der Waals surface area contributed by atoms with E-state index in [0.717, 1.165) is 57.2 Å². The van der Waals surface area contributed by atoms with Crippen molar-refractivity contribution in [1.29, 1.82) is 0 Å². The Kier molecular flexibility index (Phi) is 8.73. The molecule has 1 aromatic rings. The summed E-state index contributed by atoms with van der Waals surface area (Å²) in [5.74, 6) is 3.14.